The number of nitrogens with one attached hydrogen (secondary N) is 1. The van der Waals surface area contributed by atoms with Gasteiger partial charge >= 0.3 is 0 Å². The van der Waals surface area contributed by atoms with Crippen molar-refractivity contribution in [2.75, 3.05) is 6.26 Å². The van der Waals surface area contributed by atoms with Gasteiger partial charge in [-0.1, -0.05) is 46.6 Å². The van der Waals surface area contributed by atoms with E-state index in [2.05, 4.69) is 9.97 Å². The Morgan fingerprint density at radius 3 is 2.65 bits per heavy atom. The summed E-state index contributed by atoms with van der Waals surface area (Å²) in [4.78, 5) is 18.6. The number of halogens is 3. The van der Waals surface area contributed by atoms with E-state index in [-0.39, 0.29) is 21.3 Å². The molecular formula is C12H6Cl3N3OS. The lowest BCUT2D eigenvalue weighted by molar-refractivity contribution is 0.938. The molecular weight excluding hydrogens is 341 g/mol. The third-order valence-corrected chi connectivity index (χ3v) is 4.05. The molecule has 0 aliphatic heterocycles. The maximum absolute atomic E-state index is 11.9. The van der Waals surface area contributed by atoms with Gasteiger partial charge in [0, 0.05) is 10.6 Å². The van der Waals surface area contributed by atoms with Gasteiger partial charge in [-0.2, -0.15) is 5.26 Å². The van der Waals surface area contributed by atoms with Crippen LogP contribution in [0.25, 0.3) is 11.3 Å². The maximum Gasteiger partial charge on any atom is 0.270 e. The van der Waals surface area contributed by atoms with Crippen LogP contribution in [0, 0.1) is 11.3 Å². The van der Waals surface area contributed by atoms with Gasteiger partial charge in [0.1, 0.15) is 11.6 Å². The van der Waals surface area contributed by atoms with Crippen LogP contribution in [0.2, 0.25) is 15.1 Å². The molecule has 1 N–H and O–H groups in total. The topological polar surface area (TPSA) is 69.5 Å². The van der Waals surface area contributed by atoms with Crippen molar-refractivity contribution in [3.63, 3.8) is 0 Å². The third-order valence-electron chi connectivity index (χ3n) is 2.45. The lowest BCUT2D eigenvalue weighted by Gasteiger charge is -2.08. The van der Waals surface area contributed by atoms with Crippen molar-refractivity contribution in [3.8, 4) is 17.3 Å². The number of rotatable bonds is 2. The average Bonchev–Trinajstić information content (AvgIpc) is 2.41. The molecule has 0 unspecified atom stereocenters. The highest BCUT2D eigenvalue weighted by Crippen LogP contribution is 2.36. The first-order valence-electron chi connectivity index (χ1n) is 5.21. The number of nitriles is 1. The molecule has 2 rings (SSSR count). The second-order valence-electron chi connectivity index (χ2n) is 3.66. The van der Waals surface area contributed by atoms with Crippen LogP contribution in [0.5, 0.6) is 0 Å². The molecule has 0 fully saturated rings. The fourth-order valence-corrected chi connectivity index (χ4v) is 2.65. The van der Waals surface area contributed by atoms with Crippen LogP contribution < -0.4 is 5.56 Å². The zero-order chi connectivity index (χ0) is 14.9. The van der Waals surface area contributed by atoms with Crippen LogP contribution in [0.4, 0.5) is 0 Å². The molecule has 2 aromatic rings. The van der Waals surface area contributed by atoms with Gasteiger partial charge in [0.25, 0.3) is 5.56 Å². The zero-order valence-electron chi connectivity index (χ0n) is 10.00. The van der Waals surface area contributed by atoms with E-state index in [4.69, 9.17) is 40.1 Å². The minimum Gasteiger partial charge on any atom is -0.300 e. The van der Waals surface area contributed by atoms with Crippen LogP contribution in [0.15, 0.2) is 22.1 Å². The van der Waals surface area contributed by atoms with Crippen LogP contribution >= 0.6 is 46.6 Å². The molecule has 0 aliphatic rings. The normalized spacial score (nSPS) is 10.3. The van der Waals surface area contributed by atoms with Crippen LogP contribution in [-0.4, -0.2) is 16.2 Å². The second kappa shape index (κ2) is 6.06. The number of H-pyrrole nitrogens is 1. The predicted molar refractivity (Wildman–Crippen MR) is 81.8 cm³/mol. The summed E-state index contributed by atoms with van der Waals surface area (Å²) in [5.41, 5.74) is -0.158. The van der Waals surface area contributed by atoms with E-state index in [1.54, 1.807) is 6.26 Å². The van der Waals surface area contributed by atoms with E-state index < -0.39 is 5.56 Å². The van der Waals surface area contributed by atoms with E-state index >= 15 is 0 Å². The van der Waals surface area contributed by atoms with E-state index in [9.17, 15) is 4.79 Å². The lowest BCUT2D eigenvalue weighted by Crippen LogP contribution is -2.14. The standard InChI is InChI=1S/C12H6Cl3N3OS/c1-20-12-17-10(7(4-16)11(19)18-12)6-2-5(13)3-8(14)9(6)15/h2-3H,1H3,(H,17,18,19). The molecule has 0 saturated heterocycles. The number of hydrogen-bond donors (Lipinski definition) is 1. The monoisotopic (exact) mass is 345 g/mol. The molecule has 0 bridgehead atoms. The average molecular weight is 347 g/mol. The molecule has 8 heteroatoms. The van der Waals surface area contributed by atoms with Gasteiger partial charge in [0.15, 0.2) is 5.16 Å². The summed E-state index contributed by atoms with van der Waals surface area (Å²) in [6.45, 7) is 0. The Balaban J connectivity index is 2.85. The molecule has 20 heavy (non-hydrogen) atoms. The van der Waals surface area contributed by atoms with Crippen molar-refractivity contribution < 1.29 is 0 Å². The smallest absolute Gasteiger partial charge is 0.270 e. The SMILES string of the molecule is CSc1nc(-c2cc(Cl)cc(Cl)c2Cl)c(C#N)c(=O)[nH]1. The fourth-order valence-electron chi connectivity index (χ4n) is 1.58. The molecule has 4 nitrogen and oxygen atoms in total. The van der Waals surface area contributed by atoms with E-state index in [1.807, 2.05) is 6.07 Å². The number of thioether (sulfide) groups is 1. The van der Waals surface area contributed by atoms with Gasteiger partial charge in [0.05, 0.1) is 15.7 Å². The molecule has 0 spiro atoms. The van der Waals surface area contributed by atoms with E-state index in [0.717, 1.165) is 0 Å². The van der Waals surface area contributed by atoms with E-state index in [0.29, 0.717) is 15.7 Å². The summed E-state index contributed by atoms with van der Waals surface area (Å²) in [5, 5.41) is 10.3. The number of aromatic nitrogens is 2. The lowest BCUT2D eigenvalue weighted by atomic mass is 10.1. The van der Waals surface area contributed by atoms with Crippen LogP contribution in [0.3, 0.4) is 0 Å². The molecule has 0 aliphatic carbocycles. The van der Waals surface area contributed by atoms with Crippen molar-refractivity contribution in [1.29, 1.82) is 5.26 Å². The first-order valence-corrected chi connectivity index (χ1v) is 7.57. The highest BCUT2D eigenvalue weighted by Gasteiger charge is 2.18. The van der Waals surface area contributed by atoms with E-state index in [1.165, 1.54) is 23.9 Å². The Hall–Kier alpha value is -1.19. The molecule has 0 radical (unpaired) electrons. The molecule has 1 heterocycles. The first-order chi connectivity index (χ1) is 9.47. The minimum atomic E-state index is -0.533. The summed E-state index contributed by atoms with van der Waals surface area (Å²) in [6, 6.07) is 4.81. The summed E-state index contributed by atoms with van der Waals surface area (Å²) in [6.07, 6.45) is 1.75. The number of benzene rings is 1. The second-order valence-corrected chi connectivity index (χ2v) is 5.68. The van der Waals surface area contributed by atoms with Crippen molar-refractivity contribution in [2.45, 2.75) is 5.16 Å². The Kier molecular flexibility index (Phi) is 4.61. The summed E-state index contributed by atoms with van der Waals surface area (Å²) < 4.78 is 0. The van der Waals surface area contributed by atoms with Crippen molar-refractivity contribution in [3.05, 3.63) is 43.1 Å². The van der Waals surface area contributed by atoms with Gasteiger partial charge in [-0.3, -0.25) is 4.79 Å². The number of aromatic amines is 1. The van der Waals surface area contributed by atoms with Crippen molar-refractivity contribution >= 4 is 46.6 Å². The molecule has 0 atom stereocenters. The zero-order valence-corrected chi connectivity index (χ0v) is 13.1. The predicted octanol–water partition coefficient (Wildman–Crippen LogP) is 3.99. The highest BCUT2D eigenvalue weighted by atomic mass is 35.5. The Labute approximate surface area is 133 Å². The Morgan fingerprint density at radius 2 is 2.05 bits per heavy atom. The molecule has 1 aromatic carbocycles. The van der Waals surface area contributed by atoms with Crippen LogP contribution in [-0.2, 0) is 0 Å². The minimum absolute atomic E-state index is 0.136. The fraction of sp³-hybridized carbons (Fsp3) is 0.0833. The van der Waals surface area contributed by atoms with Crippen molar-refractivity contribution in [1.82, 2.24) is 9.97 Å². The Bertz CT molecular complexity index is 783. The molecule has 0 saturated carbocycles. The van der Waals surface area contributed by atoms with Gasteiger partial charge in [-0.15, -0.1) is 0 Å². The quantitative estimate of drug-likeness (QED) is 0.507. The summed E-state index contributed by atoms with van der Waals surface area (Å²) >= 11 is 19.3. The maximum atomic E-state index is 11.9. The number of hydrogen-bond acceptors (Lipinski definition) is 4. The molecule has 1 aromatic heterocycles. The first kappa shape index (κ1) is 15.2. The van der Waals surface area contributed by atoms with Crippen LogP contribution in [0.1, 0.15) is 5.56 Å². The number of nitrogens with zero attached hydrogens (tertiary/aromatic N) is 2. The molecule has 0 amide bonds. The largest absolute Gasteiger partial charge is 0.300 e. The van der Waals surface area contributed by atoms with Gasteiger partial charge in [0.2, 0.25) is 0 Å². The van der Waals surface area contributed by atoms with Gasteiger partial charge in [-0.25, -0.2) is 4.98 Å². The summed E-state index contributed by atoms with van der Waals surface area (Å²) in [7, 11) is 0. The highest BCUT2D eigenvalue weighted by molar-refractivity contribution is 7.98. The summed E-state index contributed by atoms with van der Waals surface area (Å²) in [5.74, 6) is 0. The third kappa shape index (κ3) is 2.79. The van der Waals surface area contributed by atoms with Gasteiger partial charge < -0.3 is 4.98 Å². The van der Waals surface area contributed by atoms with Crippen molar-refractivity contribution in [2.24, 2.45) is 0 Å². The van der Waals surface area contributed by atoms with Gasteiger partial charge in [-0.05, 0) is 18.4 Å². The Morgan fingerprint density at radius 1 is 1.35 bits per heavy atom. The molecule has 102 valence electrons.